The number of nitrogens with one attached hydrogen (secondary N) is 1. The zero-order valence-electron chi connectivity index (χ0n) is 12.5. The van der Waals surface area contributed by atoms with Crippen LogP contribution in [0.4, 0.5) is 5.69 Å². The average molecular weight is 281 g/mol. The molecule has 1 aromatic heterocycles. The van der Waals surface area contributed by atoms with Crippen LogP contribution in [-0.2, 0) is 15.1 Å². The molecule has 1 aromatic rings. The third-order valence-corrected chi connectivity index (χ3v) is 3.38. The summed E-state index contributed by atoms with van der Waals surface area (Å²) in [6.07, 6.45) is 5.92. The second-order valence-corrected chi connectivity index (χ2v) is 5.57. The van der Waals surface area contributed by atoms with E-state index in [9.17, 15) is 9.59 Å². The van der Waals surface area contributed by atoms with E-state index in [1.807, 2.05) is 6.92 Å². The number of anilines is 1. The van der Waals surface area contributed by atoms with Gasteiger partial charge < -0.3 is 10.4 Å². The highest BCUT2D eigenvalue weighted by atomic mass is 16.4. The molecule has 0 radical (unpaired) electrons. The lowest BCUT2D eigenvalue weighted by Gasteiger charge is -2.19. The van der Waals surface area contributed by atoms with Crippen molar-refractivity contribution in [3.63, 3.8) is 0 Å². The number of carbonyl (C=O) groups is 2. The SMILES string of the molecule is CCCCC(C)C(=O)Nc1cnn(C(C)(C)C(=O)O)c1. The summed E-state index contributed by atoms with van der Waals surface area (Å²) in [6.45, 7) is 7.08. The van der Waals surface area contributed by atoms with Crippen molar-refractivity contribution >= 4 is 17.6 Å². The molecule has 1 rings (SSSR count). The van der Waals surface area contributed by atoms with Crippen LogP contribution in [0.3, 0.4) is 0 Å². The lowest BCUT2D eigenvalue weighted by molar-refractivity contribution is -0.146. The highest BCUT2D eigenvalue weighted by Gasteiger charge is 2.30. The van der Waals surface area contributed by atoms with Crippen molar-refractivity contribution < 1.29 is 14.7 Å². The number of hydrogen-bond acceptors (Lipinski definition) is 3. The van der Waals surface area contributed by atoms with Gasteiger partial charge in [0.2, 0.25) is 5.91 Å². The Kier molecular flexibility index (Phi) is 5.30. The Balaban J connectivity index is 2.69. The van der Waals surface area contributed by atoms with Crippen molar-refractivity contribution in [1.82, 2.24) is 9.78 Å². The summed E-state index contributed by atoms with van der Waals surface area (Å²) in [6, 6.07) is 0. The van der Waals surface area contributed by atoms with Crippen LogP contribution in [0, 0.1) is 5.92 Å². The summed E-state index contributed by atoms with van der Waals surface area (Å²) < 4.78 is 1.33. The van der Waals surface area contributed by atoms with E-state index < -0.39 is 11.5 Å². The van der Waals surface area contributed by atoms with Crippen LogP contribution in [-0.4, -0.2) is 26.8 Å². The summed E-state index contributed by atoms with van der Waals surface area (Å²) in [5, 5.41) is 15.9. The second kappa shape index (κ2) is 6.54. The van der Waals surface area contributed by atoms with E-state index in [-0.39, 0.29) is 11.8 Å². The highest BCUT2D eigenvalue weighted by Crippen LogP contribution is 2.18. The highest BCUT2D eigenvalue weighted by molar-refractivity contribution is 5.92. The molecular weight excluding hydrogens is 258 g/mol. The normalized spacial score (nSPS) is 13.0. The van der Waals surface area contributed by atoms with Crippen molar-refractivity contribution in [3.8, 4) is 0 Å². The first-order valence-corrected chi connectivity index (χ1v) is 6.88. The van der Waals surface area contributed by atoms with Crippen LogP contribution in [0.2, 0.25) is 0 Å². The number of aromatic nitrogens is 2. The molecule has 0 aliphatic rings. The molecule has 0 bridgehead atoms. The molecule has 1 unspecified atom stereocenters. The number of nitrogens with zero attached hydrogens (tertiary/aromatic N) is 2. The predicted molar refractivity (Wildman–Crippen MR) is 76.5 cm³/mol. The second-order valence-electron chi connectivity index (χ2n) is 5.57. The van der Waals surface area contributed by atoms with Crippen LogP contribution < -0.4 is 5.32 Å². The van der Waals surface area contributed by atoms with Gasteiger partial charge in [-0.1, -0.05) is 26.7 Å². The van der Waals surface area contributed by atoms with E-state index in [4.69, 9.17) is 5.11 Å². The molecule has 0 aliphatic carbocycles. The number of rotatable bonds is 7. The van der Waals surface area contributed by atoms with E-state index in [2.05, 4.69) is 17.3 Å². The largest absolute Gasteiger partial charge is 0.479 e. The van der Waals surface area contributed by atoms with E-state index >= 15 is 0 Å². The fraction of sp³-hybridized carbons (Fsp3) is 0.643. The minimum absolute atomic E-state index is 0.0638. The van der Waals surface area contributed by atoms with Crippen molar-refractivity contribution in [3.05, 3.63) is 12.4 Å². The molecule has 6 nitrogen and oxygen atoms in total. The van der Waals surface area contributed by atoms with Gasteiger partial charge in [-0.05, 0) is 20.3 Å². The Hall–Kier alpha value is -1.85. The number of carboxylic acids is 1. The predicted octanol–water partition coefficient (Wildman–Crippen LogP) is 2.47. The molecule has 6 heteroatoms. The quantitative estimate of drug-likeness (QED) is 0.804. The maximum absolute atomic E-state index is 11.9. The van der Waals surface area contributed by atoms with Gasteiger partial charge in [-0.3, -0.25) is 9.48 Å². The lowest BCUT2D eigenvalue weighted by Crippen LogP contribution is -2.35. The Bertz CT molecular complexity index is 480. The topological polar surface area (TPSA) is 84.2 Å². The van der Waals surface area contributed by atoms with E-state index in [1.54, 1.807) is 20.0 Å². The first-order valence-electron chi connectivity index (χ1n) is 6.88. The van der Waals surface area contributed by atoms with E-state index in [0.29, 0.717) is 5.69 Å². The van der Waals surface area contributed by atoms with Gasteiger partial charge in [-0.15, -0.1) is 0 Å². The van der Waals surface area contributed by atoms with Gasteiger partial charge in [0.05, 0.1) is 11.9 Å². The zero-order chi connectivity index (χ0) is 15.3. The summed E-state index contributed by atoms with van der Waals surface area (Å²) in [4.78, 5) is 23.1. The van der Waals surface area contributed by atoms with Gasteiger partial charge in [0.15, 0.2) is 5.54 Å². The van der Waals surface area contributed by atoms with Gasteiger partial charge in [-0.2, -0.15) is 5.10 Å². The third kappa shape index (κ3) is 3.82. The van der Waals surface area contributed by atoms with Gasteiger partial charge in [-0.25, -0.2) is 4.79 Å². The molecule has 0 fully saturated rings. The van der Waals surface area contributed by atoms with Crippen LogP contribution in [0.25, 0.3) is 0 Å². The molecule has 1 amide bonds. The van der Waals surface area contributed by atoms with Crippen molar-refractivity contribution in [2.24, 2.45) is 5.92 Å². The monoisotopic (exact) mass is 281 g/mol. The smallest absolute Gasteiger partial charge is 0.331 e. The summed E-state index contributed by atoms with van der Waals surface area (Å²) in [5.74, 6) is -1.10. The molecule has 0 saturated heterocycles. The first-order chi connectivity index (χ1) is 9.28. The number of unbranched alkanes of at least 4 members (excludes halogenated alkanes) is 1. The number of amides is 1. The number of carboxylic acid groups (broad SMARTS) is 1. The molecule has 0 aliphatic heterocycles. The van der Waals surface area contributed by atoms with Crippen molar-refractivity contribution in [1.29, 1.82) is 0 Å². The lowest BCUT2D eigenvalue weighted by atomic mass is 10.0. The molecule has 0 saturated carbocycles. The van der Waals surface area contributed by atoms with Gasteiger partial charge in [0.25, 0.3) is 0 Å². The average Bonchev–Trinajstić information content (AvgIpc) is 2.84. The number of aliphatic carboxylic acids is 1. The van der Waals surface area contributed by atoms with Crippen LogP contribution in [0.5, 0.6) is 0 Å². The maximum atomic E-state index is 11.9. The zero-order valence-corrected chi connectivity index (χ0v) is 12.5. The molecule has 0 aromatic carbocycles. The van der Waals surface area contributed by atoms with Gasteiger partial charge in [0, 0.05) is 12.1 Å². The van der Waals surface area contributed by atoms with Gasteiger partial charge in [0.1, 0.15) is 0 Å². The summed E-state index contributed by atoms with van der Waals surface area (Å²) >= 11 is 0. The van der Waals surface area contributed by atoms with Crippen molar-refractivity contribution in [2.75, 3.05) is 5.32 Å². The Morgan fingerprint density at radius 1 is 1.50 bits per heavy atom. The Labute approximate surface area is 119 Å². The minimum atomic E-state index is -1.14. The number of hydrogen-bond donors (Lipinski definition) is 2. The van der Waals surface area contributed by atoms with Crippen molar-refractivity contribution in [2.45, 2.75) is 52.5 Å². The van der Waals surface area contributed by atoms with E-state index in [1.165, 1.54) is 10.9 Å². The van der Waals surface area contributed by atoms with Crippen LogP contribution in [0.15, 0.2) is 12.4 Å². The fourth-order valence-electron chi connectivity index (χ4n) is 1.70. The Morgan fingerprint density at radius 3 is 2.70 bits per heavy atom. The van der Waals surface area contributed by atoms with Crippen LogP contribution in [0.1, 0.15) is 47.0 Å². The molecule has 2 N–H and O–H groups in total. The third-order valence-electron chi connectivity index (χ3n) is 3.38. The molecule has 112 valence electrons. The minimum Gasteiger partial charge on any atom is -0.479 e. The van der Waals surface area contributed by atoms with E-state index in [0.717, 1.165) is 19.3 Å². The molecule has 0 spiro atoms. The molecular formula is C14H23N3O3. The standard InChI is InChI=1S/C14H23N3O3/c1-5-6-7-10(2)12(18)16-11-8-15-17(9-11)14(3,4)13(19)20/h8-10H,5-7H2,1-4H3,(H,16,18)(H,19,20). The summed E-state index contributed by atoms with van der Waals surface area (Å²) in [5.41, 5.74) is -0.621. The first kappa shape index (κ1) is 16.2. The fourth-order valence-corrected chi connectivity index (χ4v) is 1.70. The summed E-state index contributed by atoms with van der Waals surface area (Å²) in [7, 11) is 0. The van der Waals surface area contributed by atoms with Gasteiger partial charge >= 0.3 is 5.97 Å². The Morgan fingerprint density at radius 2 is 2.15 bits per heavy atom. The maximum Gasteiger partial charge on any atom is 0.331 e. The molecule has 1 heterocycles. The molecule has 20 heavy (non-hydrogen) atoms. The molecule has 1 atom stereocenters. The van der Waals surface area contributed by atoms with Crippen LogP contribution >= 0.6 is 0 Å². The number of carbonyl (C=O) groups excluding carboxylic acids is 1.